The minimum atomic E-state index is -0.0443. The van der Waals surface area contributed by atoms with Gasteiger partial charge >= 0.3 is 0 Å². The van der Waals surface area contributed by atoms with Crippen molar-refractivity contribution in [2.24, 2.45) is 5.73 Å². The minimum Gasteiger partial charge on any atom is -0.399 e. The van der Waals surface area contributed by atoms with E-state index < -0.39 is 0 Å². The Morgan fingerprint density at radius 1 is 1.45 bits per heavy atom. The molecule has 0 fully saturated rings. The van der Waals surface area contributed by atoms with Crippen LogP contribution in [0.25, 0.3) is 0 Å². The Kier molecular flexibility index (Phi) is 2.10. The van der Waals surface area contributed by atoms with Crippen LogP contribution in [0.4, 0.5) is 5.69 Å². The number of aromatic nitrogens is 1. The van der Waals surface area contributed by atoms with Gasteiger partial charge in [0.15, 0.2) is 0 Å². The van der Waals surface area contributed by atoms with E-state index in [1.807, 2.05) is 19.9 Å². The van der Waals surface area contributed by atoms with E-state index in [1.165, 1.54) is 0 Å². The zero-order chi connectivity index (χ0) is 8.43. The van der Waals surface area contributed by atoms with Gasteiger partial charge in [0.1, 0.15) is 0 Å². The molecule has 1 heterocycles. The summed E-state index contributed by atoms with van der Waals surface area (Å²) in [5.74, 6) is 0. The Morgan fingerprint density at radius 3 is 2.55 bits per heavy atom. The summed E-state index contributed by atoms with van der Waals surface area (Å²) in [5, 5.41) is 0. The van der Waals surface area contributed by atoms with Gasteiger partial charge in [0.25, 0.3) is 0 Å². The number of hydrogen-bond donors (Lipinski definition) is 2. The van der Waals surface area contributed by atoms with Crippen molar-refractivity contribution < 1.29 is 0 Å². The Bertz CT molecular complexity index is 235. The average Bonchev–Trinajstić information content (AvgIpc) is 1.85. The fourth-order valence-electron chi connectivity index (χ4n) is 0.955. The Hall–Kier alpha value is -1.09. The van der Waals surface area contributed by atoms with Gasteiger partial charge in [-0.15, -0.1) is 0 Å². The predicted molar refractivity (Wildman–Crippen MR) is 46.0 cm³/mol. The largest absolute Gasteiger partial charge is 0.399 e. The van der Waals surface area contributed by atoms with E-state index in [4.69, 9.17) is 11.5 Å². The second-order valence-corrected chi connectivity index (χ2v) is 2.76. The molecule has 0 saturated heterocycles. The van der Waals surface area contributed by atoms with Crippen molar-refractivity contribution in [1.29, 1.82) is 0 Å². The molecule has 1 aromatic heterocycles. The quantitative estimate of drug-likeness (QED) is 0.629. The first kappa shape index (κ1) is 8.01. The number of aryl methyl sites for hydroxylation is 1. The van der Waals surface area contributed by atoms with Gasteiger partial charge in [-0.1, -0.05) is 0 Å². The third-order valence-corrected chi connectivity index (χ3v) is 1.46. The lowest BCUT2D eigenvalue weighted by Gasteiger charge is -2.06. The van der Waals surface area contributed by atoms with E-state index in [0.29, 0.717) is 0 Å². The van der Waals surface area contributed by atoms with Crippen molar-refractivity contribution in [1.82, 2.24) is 4.98 Å². The van der Waals surface area contributed by atoms with Gasteiger partial charge in [-0.2, -0.15) is 0 Å². The van der Waals surface area contributed by atoms with E-state index in [2.05, 4.69) is 4.98 Å². The van der Waals surface area contributed by atoms with Crippen LogP contribution in [0, 0.1) is 6.92 Å². The van der Waals surface area contributed by atoms with Crippen molar-refractivity contribution in [2.45, 2.75) is 19.9 Å². The SMILES string of the molecule is Cc1cc(N)cc([C@@H](C)N)n1. The Labute approximate surface area is 66.4 Å². The lowest BCUT2D eigenvalue weighted by Crippen LogP contribution is -2.08. The summed E-state index contributed by atoms with van der Waals surface area (Å²) < 4.78 is 0. The monoisotopic (exact) mass is 151 g/mol. The van der Waals surface area contributed by atoms with Gasteiger partial charge in [-0.05, 0) is 26.0 Å². The first-order valence-electron chi connectivity index (χ1n) is 3.59. The second kappa shape index (κ2) is 2.88. The lowest BCUT2D eigenvalue weighted by atomic mass is 10.2. The van der Waals surface area contributed by atoms with Crippen LogP contribution in [0.3, 0.4) is 0 Å². The van der Waals surface area contributed by atoms with Crippen molar-refractivity contribution >= 4 is 5.69 Å². The van der Waals surface area contributed by atoms with Crippen LogP contribution >= 0.6 is 0 Å². The molecule has 1 aromatic rings. The van der Waals surface area contributed by atoms with Gasteiger partial charge in [0.2, 0.25) is 0 Å². The maximum absolute atomic E-state index is 5.63. The fraction of sp³-hybridized carbons (Fsp3) is 0.375. The normalized spacial score (nSPS) is 13.0. The van der Waals surface area contributed by atoms with Gasteiger partial charge < -0.3 is 11.5 Å². The number of hydrogen-bond acceptors (Lipinski definition) is 3. The van der Waals surface area contributed by atoms with Crippen LogP contribution in [-0.2, 0) is 0 Å². The Morgan fingerprint density at radius 2 is 2.09 bits per heavy atom. The Balaban J connectivity index is 3.08. The van der Waals surface area contributed by atoms with Crippen molar-refractivity contribution in [3.8, 4) is 0 Å². The maximum Gasteiger partial charge on any atom is 0.0591 e. The molecule has 0 unspecified atom stereocenters. The zero-order valence-corrected chi connectivity index (χ0v) is 6.83. The molecule has 3 heteroatoms. The van der Waals surface area contributed by atoms with E-state index in [-0.39, 0.29) is 6.04 Å². The van der Waals surface area contributed by atoms with Gasteiger partial charge in [0.05, 0.1) is 5.69 Å². The smallest absolute Gasteiger partial charge is 0.0591 e. The number of pyridine rings is 1. The molecular formula is C8H13N3. The molecule has 0 aliphatic rings. The molecule has 0 amide bonds. The van der Waals surface area contributed by atoms with Crippen LogP contribution in [0.2, 0.25) is 0 Å². The molecule has 1 atom stereocenters. The standard InChI is InChI=1S/C8H13N3/c1-5-3-7(10)4-8(11-5)6(2)9/h3-4,6H,9H2,1-2H3,(H2,10,11)/t6-/m1/s1. The first-order valence-corrected chi connectivity index (χ1v) is 3.59. The van der Waals surface area contributed by atoms with Gasteiger partial charge in [-0.25, -0.2) is 0 Å². The fourth-order valence-corrected chi connectivity index (χ4v) is 0.955. The first-order chi connectivity index (χ1) is 5.09. The summed E-state index contributed by atoms with van der Waals surface area (Å²) in [5.41, 5.74) is 13.7. The summed E-state index contributed by atoms with van der Waals surface area (Å²) in [4.78, 5) is 4.23. The van der Waals surface area contributed by atoms with Crippen molar-refractivity contribution in [2.75, 3.05) is 5.73 Å². The molecule has 0 saturated carbocycles. The third-order valence-electron chi connectivity index (χ3n) is 1.46. The molecule has 60 valence electrons. The zero-order valence-electron chi connectivity index (χ0n) is 6.83. The van der Waals surface area contributed by atoms with Crippen LogP contribution in [0.15, 0.2) is 12.1 Å². The predicted octanol–water partition coefficient (Wildman–Crippen LogP) is 0.992. The van der Waals surface area contributed by atoms with Crippen LogP contribution in [0.1, 0.15) is 24.4 Å². The van der Waals surface area contributed by atoms with Gasteiger partial charge in [-0.3, -0.25) is 4.98 Å². The summed E-state index contributed by atoms with van der Waals surface area (Å²) >= 11 is 0. The lowest BCUT2D eigenvalue weighted by molar-refractivity contribution is 0.776. The van der Waals surface area contributed by atoms with Gasteiger partial charge in [0, 0.05) is 17.4 Å². The second-order valence-electron chi connectivity index (χ2n) is 2.76. The number of rotatable bonds is 1. The average molecular weight is 151 g/mol. The van der Waals surface area contributed by atoms with Crippen LogP contribution in [0.5, 0.6) is 0 Å². The molecule has 4 N–H and O–H groups in total. The molecule has 0 bridgehead atoms. The molecule has 1 rings (SSSR count). The van der Waals surface area contributed by atoms with E-state index in [0.717, 1.165) is 17.1 Å². The number of nitrogens with zero attached hydrogens (tertiary/aromatic N) is 1. The van der Waals surface area contributed by atoms with Crippen molar-refractivity contribution in [3.05, 3.63) is 23.5 Å². The molecular weight excluding hydrogens is 138 g/mol. The highest BCUT2D eigenvalue weighted by molar-refractivity contribution is 5.40. The molecule has 0 radical (unpaired) electrons. The minimum absolute atomic E-state index is 0.0443. The van der Waals surface area contributed by atoms with E-state index >= 15 is 0 Å². The highest BCUT2D eigenvalue weighted by Crippen LogP contribution is 2.11. The molecule has 11 heavy (non-hydrogen) atoms. The molecule has 0 spiro atoms. The molecule has 3 nitrogen and oxygen atoms in total. The summed E-state index contributed by atoms with van der Waals surface area (Å²) in [6.45, 7) is 3.80. The topological polar surface area (TPSA) is 64.9 Å². The van der Waals surface area contributed by atoms with E-state index in [9.17, 15) is 0 Å². The highest BCUT2D eigenvalue weighted by Gasteiger charge is 2.01. The summed E-state index contributed by atoms with van der Waals surface area (Å²) in [6, 6.07) is 3.58. The van der Waals surface area contributed by atoms with E-state index in [1.54, 1.807) is 6.07 Å². The van der Waals surface area contributed by atoms with Crippen molar-refractivity contribution in [3.63, 3.8) is 0 Å². The highest BCUT2D eigenvalue weighted by atomic mass is 14.8. The third kappa shape index (κ3) is 1.91. The number of nitrogens with two attached hydrogens (primary N) is 2. The molecule has 0 aliphatic heterocycles. The summed E-state index contributed by atoms with van der Waals surface area (Å²) in [6.07, 6.45) is 0. The molecule has 0 aromatic carbocycles. The summed E-state index contributed by atoms with van der Waals surface area (Å²) in [7, 11) is 0. The maximum atomic E-state index is 5.63. The molecule has 0 aliphatic carbocycles. The number of anilines is 1. The van der Waals surface area contributed by atoms with Crippen LogP contribution in [-0.4, -0.2) is 4.98 Å². The number of nitrogen functional groups attached to an aromatic ring is 1. The van der Waals surface area contributed by atoms with Crippen LogP contribution < -0.4 is 11.5 Å².